The first kappa shape index (κ1) is 14.3. The molecule has 1 aromatic heterocycles. The Bertz CT molecular complexity index is 565. The molecule has 0 saturated carbocycles. The lowest BCUT2D eigenvalue weighted by Gasteiger charge is -2.22. The van der Waals surface area contributed by atoms with Crippen LogP contribution in [0.25, 0.3) is 0 Å². The number of thiazole rings is 1. The lowest BCUT2D eigenvalue weighted by Crippen LogP contribution is -2.38. The van der Waals surface area contributed by atoms with E-state index in [9.17, 15) is 14.7 Å². The fraction of sp³-hybridized carbons (Fsp3) is 0.643. The molecule has 1 aromatic rings. The normalized spacial score (nSPS) is 24.1. The van der Waals surface area contributed by atoms with E-state index >= 15 is 0 Å². The molecule has 0 aromatic carbocycles. The van der Waals surface area contributed by atoms with Gasteiger partial charge in [-0.25, -0.2) is 9.78 Å². The van der Waals surface area contributed by atoms with Crippen LogP contribution >= 0.6 is 11.3 Å². The summed E-state index contributed by atoms with van der Waals surface area (Å²) >= 11 is 1.54. The Labute approximate surface area is 127 Å². The van der Waals surface area contributed by atoms with Gasteiger partial charge in [0.25, 0.3) is 0 Å². The molecule has 21 heavy (non-hydrogen) atoms. The monoisotopic (exact) mass is 309 g/mol. The van der Waals surface area contributed by atoms with E-state index in [1.165, 1.54) is 16.2 Å². The number of carboxylic acid groups (broad SMARTS) is 1. The molecule has 0 bridgehead atoms. The summed E-state index contributed by atoms with van der Waals surface area (Å²) in [6.07, 6.45) is 4.23. The van der Waals surface area contributed by atoms with E-state index in [0.29, 0.717) is 24.5 Å². The number of nitrogens with zero attached hydrogens (tertiary/aromatic N) is 2. The summed E-state index contributed by atoms with van der Waals surface area (Å²) in [5.41, 5.74) is 0.312. The molecule has 2 heterocycles. The minimum absolute atomic E-state index is 0.237. The van der Waals surface area contributed by atoms with Crippen molar-refractivity contribution < 1.29 is 14.7 Å². The average Bonchev–Trinajstić information content (AvgIpc) is 3.11. The summed E-state index contributed by atoms with van der Waals surface area (Å²) in [5.74, 6) is -0.812. The van der Waals surface area contributed by atoms with E-state index in [0.717, 1.165) is 25.0 Å². The van der Waals surface area contributed by atoms with Gasteiger partial charge in [0.15, 0.2) is 5.13 Å². The Morgan fingerprint density at radius 3 is 2.90 bits per heavy atom. The molecule has 2 amide bonds. The molecule has 1 unspecified atom stereocenters. The van der Waals surface area contributed by atoms with Crippen molar-refractivity contribution in [2.45, 2.75) is 39.0 Å². The third-order valence-corrected chi connectivity index (χ3v) is 5.65. The minimum Gasteiger partial charge on any atom is -0.481 e. The van der Waals surface area contributed by atoms with Crippen molar-refractivity contribution in [3.8, 4) is 0 Å². The number of hydrogen-bond acceptors (Lipinski definition) is 4. The highest BCUT2D eigenvalue weighted by Crippen LogP contribution is 2.35. The third kappa shape index (κ3) is 2.50. The summed E-state index contributed by atoms with van der Waals surface area (Å²) in [5, 5.41) is 12.8. The molecule has 0 spiro atoms. The van der Waals surface area contributed by atoms with Crippen molar-refractivity contribution in [2.24, 2.45) is 5.41 Å². The molecule has 2 aliphatic rings. The van der Waals surface area contributed by atoms with Gasteiger partial charge in [-0.3, -0.25) is 10.1 Å². The fourth-order valence-corrected chi connectivity index (χ4v) is 4.11. The molecule has 3 rings (SSSR count). The lowest BCUT2D eigenvalue weighted by molar-refractivity contribution is -0.148. The number of rotatable bonds is 3. The maximum Gasteiger partial charge on any atom is 0.323 e. The maximum absolute atomic E-state index is 12.3. The van der Waals surface area contributed by atoms with E-state index in [1.54, 1.807) is 4.90 Å². The van der Waals surface area contributed by atoms with Gasteiger partial charge in [-0.1, -0.05) is 6.92 Å². The summed E-state index contributed by atoms with van der Waals surface area (Å²) in [6, 6.07) is -0.237. The zero-order chi connectivity index (χ0) is 15.0. The average molecular weight is 309 g/mol. The molecule has 1 aliphatic heterocycles. The number of anilines is 1. The van der Waals surface area contributed by atoms with E-state index < -0.39 is 11.4 Å². The Morgan fingerprint density at radius 1 is 1.48 bits per heavy atom. The summed E-state index contributed by atoms with van der Waals surface area (Å²) in [4.78, 5) is 31.0. The predicted molar refractivity (Wildman–Crippen MR) is 79.7 cm³/mol. The molecule has 1 fully saturated rings. The van der Waals surface area contributed by atoms with Crippen molar-refractivity contribution in [3.63, 3.8) is 0 Å². The first-order valence-electron chi connectivity index (χ1n) is 7.32. The number of carbonyl (C=O) groups is 2. The van der Waals surface area contributed by atoms with Crippen LogP contribution in [0.5, 0.6) is 0 Å². The highest BCUT2D eigenvalue weighted by Gasteiger charge is 2.44. The van der Waals surface area contributed by atoms with Gasteiger partial charge in [-0.05, 0) is 32.1 Å². The van der Waals surface area contributed by atoms with Gasteiger partial charge in [0.2, 0.25) is 0 Å². The molecule has 7 heteroatoms. The van der Waals surface area contributed by atoms with Gasteiger partial charge in [-0.15, -0.1) is 11.3 Å². The number of urea groups is 1. The molecule has 0 radical (unpaired) electrons. The van der Waals surface area contributed by atoms with Crippen LogP contribution < -0.4 is 5.32 Å². The van der Waals surface area contributed by atoms with Crippen molar-refractivity contribution in [2.75, 3.05) is 18.4 Å². The molecular weight excluding hydrogens is 290 g/mol. The fourth-order valence-electron chi connectivity index (χ4n) is 3.07. The molecule has 1 atom stereocenters. The van der Waals surface area contributed by atoms with Gasteiger partial charge in [0, 0.05) is 18.0 Å². The number of carboxylic acids is 1. The van der Waals surface area contributed by atoms with E-state index in [-0.39, 0.29) is 12.6 Å². The van der Waals surface area contributed by atoms with E-state index in [4.69, 9.17) is 0 Å². The van der Waals surface area contributed by atoms with Crippen molar-refractivity contribution in [1.82, 2.24) is 9.88 Å². The number of aryl methyl sites for hydroxylation is 2. The zero-order valence-corrected chi connectivity index (χ0v) is 12.8. The molecule has 6 nitrogen and oxygen atoms in total. The van der Waals surface area contributed by atoms with E-state index in [1.807, 2.05) is 6.92 Å². The number of fused-ring (bicyclic) bond motifs is 1. The second-order valence-electron chi connectivity index (χ2n) is 5.78. The Balaban J connectivity index is 1.65. The first-order chi connectivity index (χ1) is 10.0. The highest BCUT2D eigenvalue weighted by molar-refractivity contribution is 7.15. The van der Waals surface area contributed by atoms with E-state index in [2.05, 4.69) is 10.3 Å². The number of likely N-dealkylation sites (tertiary alicyclic amines) is 1. The van der Waals surface area contributed by atoms with Crippen molar-refractivity contribution >= 4 is 28.5 Å². The molecular formula is C14H19N3O3S. The maximum atomic E-state index is 12.3. The SMILES string of the molecule is CCC1(C(=O)O)CCN(C(=O)Nc2nc3c(s2)CCC3)C1. The van der Waals surface area contributed by atoms with Crippen LogP contribution in [-0.2, 0) is 17.6 Å². The summed E-state index contributed by atoms with van der Waals surface area (Å²) in [7, 11) is 0. The predicted octanol–water partition coefficient (Wildman–Crippen LogP) is 2.35. The highest BCUT2D eigenvalue weighted by atomic mass is 32.1. The number of aromatic nitrogens is 1. The largest absolute Gasteiger partial charge is 0.481 e. The molecule has 114 valence electrons. The van der Waals surface area contributed by atoms with Crippen LogP contribution in [0.2, 0.25) is 0 Å². The van der Waals surface area contributed by atoms with Crippen molar-refractivity contribution in [1.29, 1.82) is 0 Å². The number of aliphatic carboxylic acids is 1. The summed E-state index contributed by atoms with van der Waals surface area (Å²) in [6.45, 7) is 2.62. The van der Waals surface area contributed by atoms with Gasteiger partial charge in [0.05, 0.1) is 11.1 Å². The zero-order valence-electron chi connectivity index (χ0n) is 12.0. The molecule has 2 N–H and O–H groups in total. The number of nitrogens with one attached hydrogen (secondary N) is 1. The Kier molecular flexibility index (Phi) is 3.61. The van der Waals surface area contributed by atoms with Crippen LogP contribution in [0.1, 0.15) is 36.8 Å². The van der Waals surface area contributed by atoms with Gasteiger partial charge in [-0.2, -0.15) is 0 Å². The number of hydrogen-bond donors (Lipinski definition) is 2. The topological polar surface area (TPSA) is 82.5 Å². The molecule has 1 aliphatic carbocycles. The van der Waals surface area contributed by atoms with Crippen molar-refractivity contribution in [3.05, 3.63) is 10.6 Å². The second kappa shape index (κ2) is 5.29. The summed E-state index contributed by atoms with van der Waals surface area (Å²) < 4.78 is 0. The minimum atomic E-state index is -0.812. The van der Waals surface area contributed by atoms with Crippen LogP contribution in [0.15, 0.2) is 0 Å². The first-order valence-corrected chi connectivity index (χ1v) is 8.13. The van der Waals surface area contributed by atoms with Gasteiger partial charge in [0.1, 0.15) is 0 Å². The van der Waals surface area contributed by atoms with Crippen LogP contribution in [0.3, 0.4) is 0 Å². The second-order valence-corrected chi connectivity index (χ2v) is 6.87. The van der Waals surface area contributed by atoms with Crippen LogP contribution in [0, 0.1) is 5.41 Å². The Morgan fingerprint density at radius 2 is 2.29 bits per heavy atom. The smallest absolute Gasteiger partial charge is 0.323 e. The Hall–Kier alpha value is -1.63. The van der Waals surface area contributed by atoms with Crippen LogP contribution in [0.4, 0.5) is 9.93 Å². The lowest BCUT2D eigenvalue weighted by atomic mass is 9.84. The molecule has 1 saturated heterocycles. The van der Waals surface area contributed by atoms with Gasteiger partial charge >= 0.3 is 12.0 Å². The number of amides is 2. The standard InChI is InChI=1S/C14H19N3O3S/c1-2-14(11(18)19)6-7-17(8-14)13(20)16-12-15-9-4-3-5-10(9)21-12/h2-8H2,1H3,(H,18,19)(H,15,16,20). The number of carbonyl (C=O) groups excluding carboxylic acids is 1. The quantitative estimate of drug-likeness (QED) is 0.898. The van der Waals surface area contributed by atoms with Crippen LogP contribution in [-0.4, -0.2) is 40.1 Å². The third-order valence-electron chi connectivity index (χ3n) is 4.58. The van der Waals surface area contributed by atoms with Gasteiger partial charge < -0.3 is 10.0 Å².